The Labute approximate surface area is 182 Å². The van der Waals surface area contributed by atoms with Gasteiger partial charge in [-0.3, -0.25) is 10.1 Å². The minimum absolute atomic E-state index is 0.285. The monoisotopic (exact) mass is 434 g/mol. The van der Waals surface area contributed by atoms with Gasteiger partial charge in [0.25, 0.3) is 5.91 Å². The summed E-state index contributed by atoms with van der Waals surface area (Å²) in [6.45, 7) is -0.429. The molecule has 0 atom stereocenters. The van der Waals surface area contributed by atoms with Crippen molar-refractivity contribution in [3.05, 3.63) is 78.4 Å². The molecule has 4 aromatic rings. The van der Waals surface area contributed by atoms with Crippen LogP contribution in [0.2, 0.25) is 0 Å². The van der Waals surface area contributed by atoms with Gasteiger partial charge in [0.15, 0.2) is 11.7 Å². The zero-order valence-corrected chi connectivity index (χ0v) is 17.3. The molecular formula is C23H18N2O5S. The third-order valence-electron chi connectivity index (χ3n) is 4.22. The lowest BCUT2D eigenvalue weighted by atomic mass is 10.2. The second kappa shape index (κ2) is 9.27. The van der Waals surface area contributed by atoms with Crippen LogP contribution in [0.1, 0.15) is 10.4 Å². The van der Waals surface area contributed by atoms with Gasteiger partial charge in [-0.1, -0.05) is 35.6 Å². The van der Waals surface area contributed by atoms with E-state index in [-0.39, 0.29) is 5.56 Å². The highest BCUT2D eigenvalue weighted by atomic mass is 32.1. The summed E-state index contributed by atoms with van der Waals surface area (Å²) in [5, 5.41) is 3.06. The smallest absolute Gasteiger partial charge is 0.338 e. The van der Waals surface area contributed by atoms with Gasteiger partial charge >= 0.3 is 5.97 Å². The van der Waals surface area contributed by atoms with Crippen LogP contribution < -0.4 is 14.8 Å². The number of carbonyl (C=O) groups excluding carboxylic acids is 2. The number of thiazole rings is 1. The Hall–Kier alpha value is -3.91. The maximum atomic E-state index is 12.3. The second-order valence-electron chi connectivity index (χ2n) is 6.42. The molecule has 0 saturated heterocycles. The number of amides is 1. The Bertz CT molecular complexity index is 1220. The highest BCUT2D eigenvalue weighted by Crippen LogP contribution is 2.29. The van der Waals surface area contributed by atoms with Crippen molar-refractivity contribution in [1.29, 1.82) is 0 Å². The molecule has 0 fully saturated rings. The van der Waals surface area contributed by atoms with E-state index in [1.165, 1.54) is 11.3 Å². The van der Waals surface area contributed by atoms with Crippen LogP contribution in [-0.4, -0.2) is 30.6 Å². The van der Waals surface area contributed by atoms with E-state index < -0.39 is 18.5 Å². The lowest BCUT2D eigenvalue weighted by Gasteiger charge is -2.08. The quantitative estimate of drug-likeness (QED) is 0.417. The number of esters is 1. The topological polar surface area (TPSA) is 86.8 Å². The largest absolute Gasteiger partial charge is 0.497 e. The summed E-state index contributed by atoms with van der Waals surface area (Å²) >= 11 is 1.31. The maximum Gasteiger partial charge on any atom is 0.338 e. The average Bonchev–Trinajstić information content (AvgIpc) is 3.19. The van der Waals surface area contributed by atoms with Gasteiger partial charge in [0.1, 0.15) is 17.2 Å². The zero-order chi connectivity index (χ0) is 21.6. The molecule has 1 heterocycles. The van der Waals surface area contributed by atoms with Gasteiger partial charge in [-0.05, 0) is 48.5 Å². The molecule has 1 amide bonds. The fraction of sp³-hybridized carbons (Fsp3) is 0.0870. The van der Waals surface area contributed by atoms with Gasteiger partial charge < -0.3 is 14.2 Å². The number of aromatic nitrogens is 1. The van der Waals surface area contributed by atoms with Crippen LogP contribution in [0.3, 0.4) is 0 Å². The van der Waals surface area contributed by atoms with Crippen molar-refractivity contribution >= 4 is 38.6 Å². The Morgan fingerprint density at radius 1 is 0.935 bits per heavy atom. The van der Waals surface area contributed by atoms with Crippen molar-refractivity contribution in [3.8, 4) is 17.2 Å². The molecule has 0 aliphatic carbocycles. The van der Waals surface area contributed by atoms with Crippen LogP contribution in [-0.2, 0) is 9.53 Å². The van der Waals surface area contributed by atoms with E-state index in [2.05, 4.69) is 10.3 Å². The van der Waals surface area contributed by atoms with E-state index in [1.807, 2.05) is 42.5 Å². The average molecular weight is 434 g/mol. The summed E-state index contributed by atoms with van der Waals surface area (Å²) in [7, 11) is 1.59. The SMILES string of the molecule is COc1ccc2nc(NC(=O)COC(=O)c3cccc(Oc4ccccc4)c3)sc2c1. The number of hydrogen-bond donors (Lipinski definition) is 1. The maximum absolute atomic E-state index is 12.3. The number of methoxy groups -OCH3 is 1. The van der Waals surface area contributed by atoms with E-state index >= 15 is 0 Å². The number of benzene rings is 3. The number of para-hydroxylation sites is 1. The third kappa shape index (κ3) is 5.18. The number of rotatable bonds is 7. The summed E-state index contributed by atoms with van der Waals surface area (Å²) in [5.41, 5.74) is 1.03. The third-order valence-corrected chi connectivity index (χ3v) is 5.16. The fourth-order valence-electron chi connectivity index (χ4n) is 2.77. The Morgan fingerprint density at radius 2 is 1.74 bits per heavy atom. The summed E-state index contributed by atoms with van der Waals surface area (Å²) in [4.78, 5) is 28.9. The van der Waals surface area contributed by atoms with Crippen LogP contribution in [0.5, 0.6) is 17.2 Å². The Kier molecular flexibility index (Phi) is 6.09. The molecule has 1 aromatic heterocycles. The molecule has 0 unspecified atom stereocenters. The van der Waals surface area contributed by atoms with Gasteiger partial charge in [0, 0.05) is 0 Å². The van der Waals surface area contributed by atoms with Crippen molar-refractivity contribution in [2.45, 2.75) is 0 Å². The summed E-state index contributed by atoms with van der Waals surface area (Å²) < 4.78 is 16.9. The van der Waals surface area contributed by atoms with Gasteiger partial charge in [-0.25, -0.2) is 9.78 Å². The number of nitrogens with zero attached hydrogens (tertiary/aromatic N) is 1. The predicted octanol–water partition coefficient (Wildman–Crippen LogP) is 4.89. The minimum Gasteiger partial charge on any atom is -0.497 e. The van der Waals surface area contributed by atoms with Crippen LogP contribution >= 0.6 is 11.3 Å². The number of ether oxygens (including phenoxy) is 3. The Morgan fingerprint density at radius 3 is 2.55 bits per heavy atom. The van der Waals surface area contributed by atoms with Crippen LogP contribution in [0.15, 0.2) is 72.8 Å². The number of hydrogen-bond acceptors (Lipinski definition) is 7. The first-order valence-electron chi connectivity index (χ1n) is 9.35. The summed E-state index contributed by atoms with van der Waals surface area (Å²) in [5.74, 6) is 0.760. The van der Waals surface area contributed by atoms with Crippen molar-refractivity contribution in [2.24, 2.45) is 0 Å². The summed E-state index contributed by atoms with van der Waals surface area (Å²) in [6.07, 6.45) is 0. The highest BCUT2D eigenvalue weighted by molar-refractivity contribution is 7.22. The van der Waals surface area contributed by atoms with Gasteiger partial charge in [-0.15, -0.1) is 0 Å². The molecule has 7 nitrogen and oxygen atoms in total. The molecule has 3 aromatic carbocycles. The predicted molar refractivity (Wildman–Crippen MR) is 118 cm³/mol. The fourth-order valence-corrected chi connectivity index (χ4v) is 3.68. The molecular weight excluding hydrogens is 416 g/mol. The second-order valence-corrected chi connectivity index (χ2v) is 7.45. The molecule has 0 radical (unpaired) electrons. The first-order valence-corrected chi connectivity index (χ1v) is 10.2. The van der Waals surface area contributed by atoms with Gasteiger partial charge in [0.05, 0.1) is 22.9 Å². The van der Waals surface area contributed by atoms with Crippen molar-refractivity contribution in [2.75, 3.05) is 19.0 Å². The van der Waals surface area contributed by atoms with E-state index in [9.17, 15) is 9.59 Å². The molecule has 156 valence electrons. The first kappa shape index (κ1) is 20.4. The van der Waals surface area contributed by atoms with Gasteiger partial charge in [-0.2, -0.15) is 0 Å². The molecule has 31 heavy (non-hydrogen) atoms. The zero-order valence-electron chi connectivity index (χ0n) is 16.5. The van der Waals surface area contributed by atoms with E-state index in [0.717, 1.165) is 10.2 Å². The van der Waals surface area contributed by atoms with Crippen molar-refractivity contribution in [1.82, 2.24) is 4.98 Å². The highest BCUT2D eigenvalue weighted by Gasteiger charge is 2.13. The number of fused-ring (bicyclic) bond motifs is 1. The molecule has 0 aliphatic rings. The molecule has 8 heteroatoms. The molecule has 0 bridgehead atoms. The molecule has 0 aliphatic heterocycles. The molecule has 0 saturated carbocycles. The number of nitrogens with one attached hydrogen (secondary N) is 1. The van der Waals surface area contributed by atoms with Crippen LogP contribution in [0, 0.1) is 0 Å². The lowest BCUT2D eigenvalue weighted by Crippen LogP contribution is -2.20. The van der Waals surface area contributed by atoms with Gasteiger partial charge in [0.2, 0.25) is 0 Å². The van der Waals surface area contributed by atoms with E-state index in [0.29, 0.717) is 22.4 Å². The van der Waals surface area contributed by atoms with Crippen molar-refractivity contribution in [3.63, 3.8) is 0 Å². The summed E-state index contributed by atoms with van der Waals surface area (Å²) in [6, 6.07) is 21.2. The standard InChI is InChI=1S/C23H18N2O5S/c1-28-17-10-11-19-20(13-17)31-23(24-19)25-21(26)14-29-22(27)15-6-5-9-18(12-15)30-16-7-3-2-4-8-16/h2-13H,14H2,1H3,(H,24,25,26). The van der Waals surface area contributed by atoms with Crippen LogP contribution in [0.25, 0.3) is 10.2 Å². The minimum atomic E-state index is -0.623. The molecule has 1 N–H and O–H groups in total. The van der Waals surface area contributed by atoms with Crippen molar-refractivity contribution < 1.29 is 23.8 Å². The first-order chi connectivity index (χ1) is 15.1. The lowest BCUT2D eigenvalue weighted by molar-refractivity contribution is -0.119. The molecule has 4 rings (SSSR count). The Balaban J connectivity index is 1.34. The number of anilines is 1. The van der Waals surface area contributed by atoms with E-state index in [4.69, 9.17) is 14.2 Å². The number of carbonyl (C=O) groups is 2. The van der Waals surface area contributed by atoms with Crippen LogP contribution in [0.4, 0.5) is 5.13 Å². The molecule has 0 spiro atoms. The van der Waals surface area contributed by atoms with E-state index in [1.54, 1.807) is 37.4 Å². The normalized spacial score (nSPS) is 10.5.